The Hall–Kier alpha value is -0.860. The summed E-state index contributed by atoms with van der Waals surface area (Å²) in [7, 11) is 0. The lowest BCUT2D eigenvalue weighted by Crippen LogP contribution is -2.21. The highest BCUT2D eigenvalue weighted by Gasteiger charge is 2.20. The van der Waals surface area contributed by atoms with E-state index in [0.29, 0.717) is 5.92 Å². The Labute approximate surface area is 104 Å². The number of aliphatic hydroxyl groups is 1. The van der Waals surface area contributed by atoms with E-state index in [1.807, 2.05) is 37.3 Å². The molecule has 2 unspecified atom stereocenters. The molecule has 0 saturated heterocycles. The maximum absolute atomic E-state index is 10.1. The molecule has 1 fully saturated rings. The molecule has 1 aliphatic rings. The SMILES string of the molecule is CC(OCC1CCCC1)C(O)c1ccccc1. The van der Waals surface area contributed by atoms with Gasteiger partial charge in [-0.1, -0.05) is 43.2 Å². The third-order valence-corrected chi connectivity index (χ3v) is 3.66. The lowest BCUT2D eigenvalue weighted by Gasteiger charge is -2.21. The van der Waals surface area contributed by atoms with Crippen LogP contribution < -0.4 is 0 Å². The molecule has 2 heteroatoms. The van der Waals surface area contributed by atoms with Gasteiger partial charge in [0.15, 0.2) is 0 Å². The predicted octanol–water partition coefficient (Wildman–Crippen LogP) is 3.32. The lowest BCUT2D eigenvalue weighted by molar-refractivity contribution is -0.0400. The predicted molar refractivity (Wildman–Crippen MR) is 68.8 cm³/mol. The molecule has 0 spiro atoms. The summed E-state index contributed by atoms with van der Waals surface area (Å²) in [4.78, 5) is 0. The minimum Gasteiger partial charge on any atom is -0.386 e. The molecule has 0 aromatic heterocycles. The topological polar surface area (TPSA) is 29.5 Å². The largest absolute Gasteiger partial charge is 0.386 e. The van der Waals surface area contributed by atoms with E-state index >= 15 is 0 Å². The minimum absolute atomic E-state index is 0.127. The van der Waals surface area contributed by atoms with Gasteiger partial charge in [-0.3, -0.25) is 0 Å². The van der Waals surface area contributed by atoms with E-state index in [9.17, 15) is 5.11 Å². The van der Waals surface area contributed by atoms with Gasteiger partial charge in [-0.05, 0) is 31.2 Å². The van der Waals surface area contributed by atoms with Crippen LogP contribution >= 0.6 is 0 Å². The second kappa shape index (κ2) is 6.18. The molecule has 0 bridgehead atoms. The summed E-state index contributed by atoms with van der Waals surface area (Å²) < 4.78 is 5.79. The summed E-state index contributed by atoms with van der Waals surface area (Å²) in [5, 5.41) is 10.1. The number of ether oxygens (including phenoxy) is 1. The number of aliphatic hydroxyl groups excluding tert-OH is 1. The van der Waals surface area contributed by atoms with E-state index < -0.39 is 6.10 Å². The van der Waals surface area contributed by atoms with E-state index in [1.54, 1.807) is 0 Å². The van der Waals surface area contributed by atoms with E-state index in [1.165, 1.54) is 25.7 Å². The number of hydrogen-bond donors (Lipinski definition) is 1. The fraction of sp³-hybridized carbons (Fsp3) is 0.600. The van der Waals surface area contributed by atoms with Gasteiger partial charge in [0.25, 0.3) is 0 Å². The van der Waals surface area contributed by atoms with Crippen LogP contribution in [-0.2, 0) is 4.74 Å². The van der Waals surface area contributed by atoms with Crippen molar-refractivity contribution in [3.63, 3.8) is 0 Å². The second-order valence-corrected chi connectivity index (χ2v) is 5.04. The first-order valence-electron chi connectivity index (χ1n) is 6.62. The van der Waals surface area contributed by atoms with Gasteiger partial charge in [0, 0.05) is 6.61 Å². The third kappa shape index (κ3) is 3.55. The summed E-state index contributed by atoms with van der Waals surface area (Å²) in [6, 6.07) is 9.74. The van der Waals surface area contributed by atoms with Crippen LogP contribution in [0.5, 0.6) is 0 Å². The zero-order valence-corrected chi connectivity index (χ0v) is 10.5. The zero-order valence-electron chi connectivity index (χ0n) is 10.5. The van der Waals surface area contributed by atoms with Gasteiger partial charge in [0.05, 0.1) is 6.10 Å². The third-order valence-electron chi connectivity index (χ3n) is 3.66. The van der Waals surface area contributed by atoms with Crippen LogP contribution in [-0.4, -0.2) is 17.8 Å². The summed E-state index contributed by atoms with van der Waals surface area (Å²) in [6.45, 7) is 2.75. The van der Waals surface area contributed by atoms with E-state index in [0.717, 1.165) is 12.2 Å². The van der Waals surface area contributed by atoms with Gasteiger partial charge in [0.1, 0.15) is 6.10 Å². The standard InChI is InChI=1S/C15H22O2/c1-12(17-11-13-7-5-6-8-13)15(16)14-9-3-2-4-10-14/h2-4,9-10,12-13,15-16H,5-8,11H2,1H3. The van der Waals surface area contributed by atoms with Gasteiger partial charge >= 0.3 is 0 Å². The Morgan fingerprint density at radius 1 is 1.24 bits per heavy atom. The van der Waals surface area contributed by atoms with Crippen molar-refractivity contribution in [1.82, 2.24) is 0 Å². The van der Waals surface area contributed by atoms with Crippen LogP contribution in [0, 0.1) is 5.92 Å². The van der Waals surface area contributed by atoms with Crippen molar-refractivity contribution in [3.05, 3.63) is 35.9 Å². The maximum atomic E-state index is 10.1. The van der Waals surface area contributed by atoms with Crippen LogP contribution in [0.2, 0.25) is 0 Å². The quantitative estimate of drug-likeness (QED) is 0.847. The second-order valence-electron chi connectivity index (χ2n) is 5.04. The molecule has 1 saturated carbocycles. The molecular formula is C15H22O2. The highest BCUT2D eigenvalue weighted by Crippen LogP contribution is 2.26. The van der Waals surface area contributed by atoms with Gasteiger partial charge < -0.3 is 9.84 Å². The zero-order chi connectivity index (χ0) is 12.1. The first-order valence-corrected chi connectivity index (χ1v) is 6.62. The molecular weight excluding hydrogens is 212 g/mol. The first-order chi connectivity index (χ1) is 8.27. The number of benzene rings is 1. The van der Waals surface area contributed by atoms with Crippen LogP contribution in [0.25, 0.3) is 0 Å². The highest BCUT2D eigenvalue weighted by atomic mass is 16.5. The summed E-state index contributed by atoms with van der Waals surface area (Å²) in [6.07, 6.45) is 4.60. The molecule has 1 N–H and O–H groups in total. The Balaban J connectivity index is 1.80. The van der Waals surface area contributed by atoms with Crippen molar-refractivity contribution in [2.45, 2.75) is 44.8 Å². The molecule has 2 atom stereocenters. The first kappa shape index (κ1) is 12.6. The van der Waals surface area contributed by atoms with Crippen LogP contribution in [0.1, 0.15) is 44.3 Å². The van der Waals surface area contributed by atoms with Crippen LogP contribution in [0.15, 0.2) is 30.3 Å². The molecule has 0 aliphatic heterocycles. The molecule has 17 heavy (non-hydrogen) atoms. The minimum atomic E-state index is -0.516. The van der Waals surface area contributed by atoms with Crippen molar-refractivity contribution in [2.24, 2.45) is 5.92 Å². The van der Waals surface area contributed by atoms with E-state index in [2.05, 4.69) is 0 Å². The molecule has 0 radical (unpaired) electrons. The molecule has 2 nitrogen and oxygen atoms in total. The average Bonchev–Trinajstić information content (AvgIpc) is 2.89. The highest BCUT2D eigenvalue weighted by molar-refractivity contribution is 5.18. The van der Waals surface area contributed by atoms with E-state index in [-0.39, 0.29) is 6.10 Å². The van der Waals surface area contributed by atoms with Crippen molar-refractivity contribution in [3.8, 4) is 0 Å². The Kier molecular flexibility index (Phi) is 4.57. The maximum Gasteiger partial charge on any atom is 0.105 e. The van der Waals surface area contributed by atoms with Gasteiger partial charge in [0.2, 0.25) is 0 Å². The summed E-state index contributed by atoms with van der Waals surface area (Å²) in [5.74, 6) is 0.709. The molecule has 94 valence electrons. The Morgan fingerprint density at radius 2 is 1.88 bits per heavy atom. The molecule has 2 rings (SSSR count). The molecule has 1 aromatic rings. The van der Waals surface area contributed by atoms with Crippen molar-refractivity contribution >= 4 is 0 Å². The fourth-order valence-electron chi connectivity index (χ4n) is 2.48. The average molecular weight is 234 g/mol. The van der Waals surface area contributed by atoms with Crippen LogP contribution in [0.4, 0.5) is 0 Å². The lowest BCUT2D eigenvalue weighted by atomic mass is 10.1. The molecule has 0 heterocycles. The van der Waals surface area contributed by atoms with Gasteiger partial charge in [-0.2, -0.15) is 0 Å². The van der Waals surface area contributed by atoms with Crippen molar-refractivity contribution < 1.29 is 9.84 Å². The monoisotopic (exact) mass is 234 g/mol. The molecule has 1 aromatic carbocycles. The van der Waals surface area contributed by atoms with Crippen molar-refractivity contribution in [2.75, 3.05) is 6.61 Å². The number of rotatable bonds is 5. The fourth-order valence-corrected chi connectivity index (χ4v) is 2.48. The van der Waals surface area contributed by atoms with Crippen molar-refractivity contribution in [1.29, 1.82) is 0 Å². The van der Waals surface area contributed by atoms with Gasteiger partial charge in [-0.15, -0.1) is 0 Å². The summed E-state index contributed by atoms with van der Waals surface area (Å²) in [5.41, 5.74) is 0.937. The molecule has 0 amide bonds. The van der Waals surface area contributed by atoms with Crippen LogP contribution in [0.3, 0.4) is 0 Å². The van der Waals surface area contributed by atoms with Gasteiger partial charge in [-0.25, -0.2) is 0 Å². The van der Waals surface area contributed by atoms with E-state index in [4.69, 9.17) is 4.74 Å². The molecule has 1 aliphatic carbocycles. The smallest absolute Gasteiger partial charge is 0.105 e. The summed E-state index contributed by atoms with van der Waals surface area (Å²) >= 11 is 0. The Morgan fingerprint density at radius 3 is 2.53 bits per heavy atom. The Bertz CT molecular complexity index is 317. The number of hydrogen-bond acceptors (Lipinski definition) is 2. The normalized spacial score (nSPS) is 20.4.